The number of nitrogens with one attached hydrogen (secondary N) is 1. The average molecular weight is 410 g/mol. The van der Waals surface area contributed by atoms with E-state index in [4.69, 9.17) is 0 Å². The fourth-order valence-corrected chi connectivity index (χ4v) is 2.54. The number of benzene rings is 2. The first-order valence-electron chi connectivity index (χ1n) is 8.33. The Hall–Kier alpha value is -3.27. The molecule has 0 saturated heterocycles. The van der Waals surface area contributed by atoms with E-state index in [0.717, 1.165) is 23.4 Å². The van der Waals surface area contributed by atoms with Crippen LogP contribution in [0.15, 0.2) is 34.4 Å². The molecule has 2 N–H and O–H groups in total. The number of guanidine groups is 1. The molecule has 0 aliphatic carbocycles. The Morgan fingerprint density at radius 3 is 2.38 bits per heavy atom. The molecule has 0 bridgehead atoms. The summed E-state index contributed by atoms with van der Waals surface area (Å²) in [5, 5.41) is 17.1. The topological polar surface area (TPSA) is 77.3 Å². The van der Waals surface area contributed by atoms with E-state index in [-0.39, 0.29) is 23.8 Å². The second-order valence-electron chi connectivity index (χ2n) is 5.90. The van der Waals surface area contributed by atoms with Crippen molar-refractivity contribution in [2.75, 3.05) is 12.4 Å². The number of nitrogens with zero attached hydrogens (tertiary/aromatic N) is 3. The van der Waals surface area contributed by atoms with Crippen LogP contribution in [-0.4, -0.2) is 35.6 Å². The molecule has 29 heavy (non-hydrogen) atoms. The van der Waals surface area contributed by atoms with Crippen LogP contribution in [-0.2, 0) is 17.9 Å². The van der Waals surface area contributed by atoms with Crippen molar-refractivity contribution in [1.29, 1.82) is 0 Å². The van der Waals surface area contributed by atoms with Gasteiger partial charge in [0.15, 0.2) is 23.7 Å². The summed E-state index contributed by atoms with van der Waals surface area (Å²) in [6.07, 6.45) is 1.25. The number of hydrazone groups is 1. The summed E-state index contributed by atoms with van der Waals surface area (Å²) in [6, 6.07) is 3.91. The van der Waals surface area contributed by atoms with Gasteiger partial charge in [0.25, 0.3) is 0 Å². The van der Waals surface area contributed by atoms with Crippen molar-refractivity contribution in [3.05, 3.63) is 64.2 Å². The highest BCUT2D eigenvalue weighted by Crippen LogP contribution is 2.22. The van der Waals surface area contributed by atoms with Gasteiger partial charge < -0.3 is 10.4 Å². The zero-order valence-electron chi connectivity index (χ0n) is 15.6. The maximum atomic E-state index is 13.8. The number of rotatable bonds is 6. The number of carbonyl (C=O) groups excluding carboxylic acids is 1. The number of aliphatic hydroxyl groups is 1. The molecule has 2 rings (SSSR count). The predicted octanol–water partition coefficient (Wildman–Crippen LogP) is 3.13. The standard InChI is InChI=1S/C19H18F4N4O2/c1-11-13(10-29)7-14(20)8-17(11)26-19(24-2)27(25-3-4-28)9-12-5-15(21)18(23)16(22)6-12/h3-8,29H,9-10H2,1-2H3,(H,24,26)/b25-3-. The van der Waals surface area contributed by atoms with Crippen molar-refractivity contribution in [3.8, 4) is 0 Å². The molecule has 2 aromatic rings. The van der Waals surface area contributed by atoms with E-state index < -0.39 is 29.9 Å². The highest BCUT2D eigenvalue weighted by molar-refractivity contribution is 6.13. The van der Waals surface area contributed by atoms with Gasteiger partial charge in [-0.15, -0.1) is 0 Å². The fourth-order valence-electron chi connectivity index (χ4n) is 2.54. The number of carbonyl (C=O) groups is 1. The lowest BCUT2D eigenvalue weighted by Gasteiger charge is -2.23. The molecule has 0 aliphatic heterocycles. The number of anilines is 1. The third-order valence-electron chi connectivity index (χ3n) is 4.00. The Labute approximate surface area is 164 Å². The first-order chi connectivity index (χ1) is 13.8. The van der Waals surface area contributed by atoms with Crippen LogP contribution in [0.5, 0.6) is 0 Å². The minimum absolute atomic E-state index is 0.00540. The van der Waals surface area contributed by atoms with Crippen LogP contribution in [0.2, 0.25) is 0 Å². The quantitative estimate of drug-likeness (QED) is 0.192. The molecule has 2 aromatic carbocycles. The van der Waals surface area contributed by atoms with Gasteiger partial charge in [-0.1, -0.05) is 0 Å². The van der Waals surface area contributed by atoms with Gasteiger partial charge in [-0.2, -0.15) is 5.10 Å². The van der Waals surface area contributed by atoms with E-state index in [1.807, 2.05) is 0 Å². The molecule has 0 radical (unpaired) electrons. The molecule has 0 amide bonds. The summed E-state index contributed by atoms with van der Waals surface area (Å²) in [5.41, 5.74) is 1.15. The van der Waals surface area contributed by atoms with Crippen LogP contribution in [0.25, 0.3) is 0 Å². The van der Waals surface area contributed by atoms with E-state index in [0.29, 0.717) is 17.4 Å². The van der Waals surface area contributed by atoms with Gasteiger partial charge in [-0.25, -0.2) is 22.6 Å². The highest BCUT2D eigenvalue weighted by Gasteiger charge is 2.17. The normalized spacial score (nSPS) is 11.8. The van der Waals surface area contributed by atoms with Gasteiger partial charge in [0, 0.05) is 12.7 Å². The fraction of sp³-hybridized carbons (Fsp3) is 0.211. The maximum absolute atomic E-state index is 13.8. The minimum Gasteiger partial charge on any atom is -0.392 e. The van der Waals surface area contributed by atoms with Gasteiger partial charge in [0.05, 0.1) is 19.4 Å². The lowest BCUT2D eigenvalue weighted by atomic mass is 10.1. The van der Waals surface area contributed by atoms with E-state index in [2.05, 4.69) is 15.4 Å². The van der Waals surface area contributed by atoms with Crippen LogP contribution >= 0.6 is 0 Å². The third kappa shape index (κ3) is 5.38. The first kappa shape index (κ1) is 22.0. The largest absolute Gasteiger partial charge is 0.392 e. The minimum atomic E-state index is -1.61. The second kappa shape index (κ2) is 9.78. The van der Waals surface area contributed by atoms with Crippen LogP contribution < -0.4 is 5.32 Å². The maximum Gasteiger partial charge on any atom is 0.219 e. The monoisotopic (exact) mass is 410 g/mol. The van der Waals surface area contributed by atoms with E-state index in [1.54, 1.807) is 6.92 Å². The van der Waals surface area contributed by atoms with Gasteiger partial charge in [0.2, 0.25) is 5.96 Å². The Kier molecular flexibility index (Phi) is 7.43. The summed E-state index contributed by atoms with van der Waals surface area (Å²) in [7, 11) is 1.37. The molecule has 0 aliphatic rings. The molecular weight excluding hydrogens is 392 g/mol. The van der Waals surface area contributed by atoms with Crippen LogP contribution in [0.1, 0.15) is 16.7 Å². The summed E-state index contributed by atoms with van der Waals surface area (Å²) in [4.78, 5) is 14.7. The van der Waals surface area contributed by atoms with Crippen LogP contribution in [0.4, 0.5) is 23.2 Å². The van der Waals surface area contributed by atoms with Crippen molar-refractivity contribution in [1.82, 2.24) is 5.01 Å². The predicted molar refractivity (Wildman–Crippen MR) is 100 cm³/mol. The lowest BCUT2D eigenvalue weighted by Crippen LogP contribution is -2.32. The molecule has 0 aromatic heterocycles. The molecule has 6 nitrogen and oxygen atoms in total. The van der Waals surface area contributed by atoms with Gasteiger partial charge in [0.1, 0.15) is 5.82 Å². The Bertz CT molecular complexity index is 940. The van der Waals surface area contributed by atoms with Crippen molar-refractivity contribution >= 4 is 24.1 Å². The zero-order valence-corrected chi connectivity index (χ0v) is 15.6. The summed E-state index contributed by atoms with van der Waals surface area (Å²) in [6.45, 7) is 0.974. The molecule has 0 spiro atoms. The Morgan fingerprint density at radius 1 is 1.17 bits per heavy atom. The van der Waals surface area contributed by atoms with Crippen molar-refractivity contribution < 1.29 is 27.5 Å². The number of hydrogen-bond acceptors (Lipinski definition) is 4. The van der Waals surface area contributed by atoms with Gasteiger partial charge >= 0.3 is 0 Å². The number of halogens is 4. The molecule has 0 atom stereocenters. The molecular formula is C19H18F4N4O2. The lowest BCUT2D eigenvalue weighted by molar-refractivity contribution is -0.102. The van der Waals surface area contributed by atoms with Gasteiger partial charge in [-0.05, 0) is 47.9 Å². The SMILES string of the molecule is CN=C(Nc1cc(F)cc(CO)c1C)N(Cc1cc(F)c(F)c(F)c1)/N=C\C=O. The van der Waals surface area contributed by atoms with Gasteiger partial charge in [-0.3, -0.25) is 9.79 Å². The van der Waals surface area contributed by atoms with Crippen LogP contribution in [0.3, 0.4) is 0 Å². The van der Waals surface area contributed by atoms with Crippen molar-refractivity contribution in [3.63, 3.8) is 0 Å². The molecule has 10 heteroatoms. The summed E-state index contributed by atoms with van der Waals surface area (Å²) >= 11 is 0. The number of aliphatic hydroxyl groups excluding tert-OH is 1. The molecule has 0 unspecified atom stereocenters. The summed E-state index contributed by atoms with van der Waals surface area (Å²) in [5.74, 6) is -4.97. The Balaban J connectivity index is 2.39. The van der Waals surface area contributed by atoms with Crippen molar-refractivity contribution in [2.45, 2.75) is 20.1 Å². The average Bonchev–Trinajstić information content (AvgIpc) is 2.69. The van der Waals surface area contributed by atoms with E-state index in [1.165, 1.54) is 19.2 Å². The number of aliphatic imine (C=N–C) groups is 1. The summed E-state index contributed by atoms with van der Waals surface area (Å²) < 4.78 is 54.0. The highest BCUT2D eigenvalue weighted by atomic mass is 19.2. The molecule has 0 heterocycles. The van der Waals surface area contributed by atoms with Crippen molar-refractivity contribution in [2.24, 2.45) is 10.1 Å². The molecule has 154 valence electrons. The first-order valence-corrected chi connectivity index (χ1v) is 8.33. The smallest absolute Gasteiger partial charge is 0.219 e. The number of hydrogen-bond donors (Lipinski definition) is 2. The molecule has 0 saturated carbocycles. The zero-order chi connectivity index (χ0) is 21.6. The van der Waals surface area contributed by atoms with E-state index in [9.17, 15) is 27.5 Å². The van der Waals surface area contributed by atoms with Crippen LogP contribution in [0, 0.1) is 30.2 Å². The Morgan fingerprint density at radius 2 is 1.83 bits per heavy atom. The second-order valence-corrected chi connectivity index (χ2v) is 5.90. The van der Waals surface area contributed by atoms with E-state index >= 15 is 0 Å². The number of aldehydes is 1. The molecule has 0 fully saturated rings. The third-order valence-corrected chi connectivity index (χ3v) is 4.00.